The summed E-state index contributed by atoms with van der Waals surface area (Å²) in [4.78, 5) is 11.3. The number of rotatable bonds is 6. The molecule has 0 saturated heterocycles. The van der Waals surface area contributed by atoms with Crippen LogP contribution in [-0.4, -0.2) is 35.9 Å². The standard InChI is InChI=1S/C19H21NO5S/c1-19(2)11-15-9-6-10-16(18(15)25-19)26(23,24)20(13-17(21)22)12-14-7-4-3-5-8-14/h3-10H,11-13H2,1-2H3,(H,21,22). The summed E-state index contributed by atoms with van der Waals surface area (Å²) < 4.78 is 33.3. The number of nitrogens with zero attached hydrogens (tertiary/aromatic N) is 1. The predicted molar refractivity (Wildman–Crippen MR) is 96.5 cm³/mol. The van der Waals surface area contributed by atoms with Crippen LogP contribution in [0.3, 0.4) is 0 Å². The molecule has 0 saturated carbocycles. The molecule has 0 spiro atoms. The lowest BCUT2D eigenvalue weighted by Crippen LogP contribution is -2.35. The van der Waals surface area contributed by atoms with Gasteiger partial charge in [-0.05, 0) is 31.0 Å². The molecule has 0 fully saturated rings. The Labute approximate surface area is 153 Å². The Morgan fingerprint density at radius 2 is 1.85 bits per heavy atom. The highest BCUT2D eigenvalue weighted by Gasteiger charge is 2.37. The maximum absolute atomic E-state index is 13.2. The van der Waals surface area contributed by atoms with Crippen LogP contribution in [0, 0.1) is 0 Å². The van der Waals surface area contributed by atoms with Crippen LogP contribution in [0.5, 0.6) is 5.75 Å². The second-order valence-electron chi connectivity index (χ2n) is 6.94. The van der Waals surface area contributed by atoms with Crippen molar-refractivity contribution in [1.29, 1.82) is 0 Å². The van der Waals surface area contributed by atoms with Gasteiger partial charge in [0.15, 0.2) is 0 Å². The number of hydrogen-bond donors (Lipinski definition) is 1. The largest absolute Gasteiger partial charge is 0.486 e. The van der Waals surface area contributed by atoms with E-state index in [-0.39, 0.29) is 11.4 Å². The van der Waals surface area contributed by atoms with Crippen LogP contribution in [0.25, 0.3) is 0 Å². The van der Waals surface area contributed by atoms with Crippen molar-refractivity contribution in [2.45, 2.75) is 37.3 Å². The number of para-hydroxylation sites is 1. The molecule has 0 radical (unpaired) electrons. The average Bonchev–Trinajstić information content (AvgIpc) is 2.88. The van der Waals surface area contributed by atoms with Gasteiger partial charge in [0.25, 0.3) is 0 Å². The van der Waals surface area contributed by atoms with E-state index in [1.54, 1.807) is 30.3 Å². The first-order valence-electron chi connectivity index (χ1n) is 8.26. The molecule has 1 aliphatic rings. The molecular weight excluding hydrogens is 354 g/mol. The van der Waals surface area contributed by atoms with Gasteiger partial charge in [0.1, 0.15) is 22.8 Å². The van der Waals surface area contributed by atoms with Crippen LogP contribution >= 0.6 is 0 Å². The molecule has 2 aromatic carbocycles. The van der Waals surface area contributed by atoms with E-state index in [4.69, 9.17) is 4.74 Å². The number of benzene rings is 2. The molecule has 0 aliphatic carbocycles. The summed E-state index contributed by atoms with van der Waals surface area (Å²) >= 11 is 0. The zero-order chi connectivity index (χ0) is 18.9. The van der Waals surface area contributed by atoms with Gasteiger partial charge in [-0.2, -0.15) is 4.31 Å². The van der Waals surface area contributed by atoms with Gasteiger partial charge in [-0.1, -0.05) is 42.5 Å². The van der Waals surface area contributed by atoms with Crippen LogP contribution in [0.1, 0.15) is 25.0 Å². The molecule has 3 rings (SSSR count). The normalized spacial score (nSPS) is 15.5. The topological polar surface area (TPSA) is 83.9 Å². The van der Waals surface area contributed by atoms with Crippen molar-refractivity contribution < 1.29 is 23.1 Å². The predicted octanol–water partition coefficient (Wildman–Crippen LogP) is 2.68. The summed E-state index contributed by atoms with van der Waals surface area (Å²) in [6, 6.07) is 13.9. The average molecular weight is 375 g/mol. The fourth-order valence-electron chi connectivity index (χ4n) is 3.09. The van der Waals surface area contributed by atoms with E-state index in [1.165, 1.54) is 6.07 Å². The molecule has 0 amide bonds. The number of sulfonamides is 1. The first-order valence-corrected chi connectivity index (χ1v) is 9.70. The molecule has 1 heterocycles. The summed E-state index contributed by atoms with van der Waals surface area (Å²) in [7, 11) is -4.04. The van der Waals surface area contributed by atoms with E-state index in [0.29, 0.717) is 17.7 Å². The van der Waals surface area contributed by atoms with Crippen LogP contribution in [0.4, 0.5) is 0 Å². The summed E-state index contributed by atoms with van der Waals surface area (Å²) in [6.07, 6.45) is 0.601. The SMILES string of the molecule is CC1(C)Cc2cccc(S(=O)(=O)N(CC(=O)O)Cc3ccccc3)c2O1. The van der Waals surface area contributed by atoms with Crippen molar-refractivity contribution in [3.05, 3.63) is 59.7 Å². The number of aliphatic carboxylic acids is 1. The second-order valence-corrected chi connectivity index (χ2v) is 8.84. The molecule has 2 aromatic rings. The molecule has 0 unspecified atom stereocenters. The third kappa shape index (κ3) is 3.73. The van der Waals surface area contributed by atoms with Gasteiger partial charge in [0, 0.05) is 13.0 Å². The zero-order valence-corrected chi connectivity index (χ0v) is 15.5. The minimum absolute atomic E-state index is 0.0118. The minimum Gasteiger partial charge on any atom is -0.486 e. The Balaban J connectivity index is 2.02. The van der Waals surface area contributed by atoms with Crippen molar-refractivity contribution in [3.63, 3.8) is 0 Å². The number of ether oxygens (including phenoxy) is 1. The van der Waals surface area contributed by atoms with Crippen LogP contribution in [0.15, 0.2) is 53.4 Å². The quantitative estimate of drug-likeness (QED) is 0.839. The van der Waals surface area contributed by atoms with Crippen molar-refractivity contribution in [2.24, 2.45) is 0 Å². The highest BCUT2D eigenvalue weighted by atomic mass is 32.2. The van der Waals surface area contributed by atoms with Crippen molar-refractivity contribution in [3.8, 4) is 5.75 Å². The van der Waals surface area contributed by atoms with E-state index in [9.17, 15) is 18.3 Å². The van der Waals surface area contributed by atoms with Crippen molar-refractivity contribution in [2.75, 3.05) is 6.54 Å². The minimum atomic E-state index is -4.04. The van der Waals surface area contributed by atoms with Crippen LogP contribution in [0.2, 0.25) is 0 Å². The Kier molecular flexibility index (Phi) is 4.77. The third-order valence-electron chi connectivity index (χ3n) is 4.19. The number of hydrogen-bond acceptors (Lipinski definition) is 4. The molecule has 1 aliphatic heterocycles. The van der Waals surface area contributed by atoms with Gasteiger partial charge in [-0.25, -0.2) is 8.42 Å². The first-order chi connectivity index (χ1) is 12.2. The zero-order valence-electron chi connectivity index (χ0n) is 14.7. The first kappa shape index (κ1) is 18.4. The van der Waals surface area contributed by atoms with E-state index < -0.39 is 28.1 Å². The van der Waals surface area contributed by atoms with E-state index in [1.807, 2.05) is 26.0 Å². The molecular formula is C19H21NO5S. The number of carboxylic acids is 1. The summed E-state index contributed by atoms with van der Waals surface area (Å²) in [5, 5.41) is 9.21. The van der Waals surface area contributed by atoms with Gasteiger partial charge >= 0.3 is 5.97 Å². The van der Waals surface area contributed by atoms with Gasteiger partial charge in [0.2, 0.25) is 10.0 Å². The van der Waals surface area contributed by atoms with Crippen molar-refractivity contribution in [1.82, 2.24) is 4.31 Å². The van der Waals surface area contributed by atoms with Crippen LogP contribution < -0.4 is 4.74 Å². The Bertz CT molecular complexity index is 922. The highest BCUT2D eigenvalue weighted by Crippen LogP contribution is 2.40. The third-order valence-corrected chi connectivity index (χ3v) is 6.00. The molecule has 0 atom stereocenters. The second kappa shape index (κ2) is 6.74. The van der Waals surface area contributed by atoms with Crippen molar-refractivity contribution >= 4 is 16.0 Å². The van der Waals surface area contributed by atoms with E-state index in [0.717, 1.165) is 9.87 Å². The Hall–Kier alpha value is -2.38. The lowest BCUT2D eigenvalue weighted by molar-refractivity contribution is -0.137. The van der Waals surface area contributed by atoms with Gasteiger partial charge in [-0.15, -0.1) is 0 Å². The lowest BCUT2D eigenvalue weighted by atomic mass is 10.0. The molecule has 0 aromatic heterocycles. The number of fused-ring (bicyclic) bond motifs is 1. The molecule has 26 heavy (non-hydrogen) atoms. The fourth-order valence-corrected chi connectivity index (χ4v) is 4.63. The number of carboxylic acid groups (broad SMARTS) is 1. The van der Waals surface area contributed by atoms with Gasteiger partial charge < -0.3 is 9.84 Å². The summed E-state index contributed by atoms with van der Waals surface area (Å²) in [5.74, 6) is -0.890. The highest BCUT2D eigenvalue weighted by molar-refractivity contribution is 7.89. The van der Waals surface area contributed by atoms with E-state index in [2.05, 4.69) is 0 Å². The van der Waals surface area contributed by atoms with Gasteiger partial charge in [-0.3, -0.25) is 4.79 Å². The maximum Gasteiger partial charge on any atom is 0.318 e. The van der Waals surface area contributed by atoms with E-state index >= 15 is 0 Å². The molecule has 138 valence electrons. The Morgan fingerprint density at radius 3 is 2.50 bits per heavy atom. The maximum atomic E-state index is 13.2. The lowest BCUT2D eigenvalue weighted by Gasteiger charge is -2.23. The number of carbonyl (C=O) groups is 1. The summed E-state index contributed by atoms with van der Waals surface area (Å²) in [5.41, 5.74) is 1.03. The Morgan fingerprint density at radius 1 is 1.15 bits per heavy atom. The molecule has 7 heteroatoms. The monoisotopic (exact) mass is 375 g/mol. The fraction of sp³-hybridized carbons (Fsp3) is 0.316. The van der Waals surface area contributed by atoms with Crippen LogP contribution in [-0.2, 0) is 27.8 Å². The molecule has 1 N–H and O–H groups in total. The van der Waals surface area contributed by atoms with Gasteiger partial charge in [0.05, 0.1) is 0 Å². The molecule has 0 bridgehead atoms. The smallest absolute Gasteiger partial charge is 0.318 e. The molecule has 6 nitrogen and oxygen atoms in total. The summed E-state index contributed by atoms with van der Waals surface area (Å²) in [6.45, 7) is 3.14.